The molecule has 0 spiro atoms. The number of ether oxygens (including phenoxy) is 3. The molecule has 2 aliphatic heterocycles. The largest absolute Gasteiger partial charge is 0.486 e. The highest BCUT2D eigenvalue weighted by Gasteiger charge is 2.26. The van der Waals surface area contributed by atoms with Gasteiger partial charge in [-0.05, 0) is 18.2 Å². The molecule has 2 aliphatic rings. The van der Waals surface area contributed by atoms with Gasteiger partial charge in [0.1, 0.15) is 18.5 Å². The molecule has 1 saturated heterocycles. The van der Waals surface area contributed by atoms with Crippen molar-refractivity contribution in [2.24, 2.45) is 0 Å². The molecule has 3 heterocycles. The molecule has 0 bridgehead atoms. The summed E-state index contributed by atoms with van der Waals surface area (Å²) in [6.45, 7) is 5.98. The lowest BCUT2D eigenvalue weighted by Gasteiger charge is -2.38. The highest BCUT2D eigenvalue weighted by molar-refractivity contribution is 5.47. The fraction of sp³-hybridized carbons (Fsp3) is 0.450. The lowest BCUT2D eigenvalue weighted by Crippen LogP contribution is -2.51. The van der Waals surface area contributed by atoms with Crippen molar-refractivity contribution in [2.75, 3.05) is 51.3 Å². The quantitative estimate of drug-likeness (QED) is 0.820. The number of pyridine rings is 1. The Morgan fingerprint density at radius 3 is 2.69 bits per heavy atom. The zero-order valence-corrected chi connectivity index (χ0v) is 15.1. The van der Waals surface area contributed by atoms with E-state index in [1.165, 1.54) is 0 Å². The molecule has 2 aromatic rings. The number of hydrogen-bond donors (Lipinski definition) is 0. The predicted octanol–water partition coefficient (Wildman–Crippen LogP) is 2.19. The number of benzene rings is 1. The maximum Gasteiger partial charge on any atom is 0.161 e. The third-order valence-corrected chi connectivity index (χ3v) is 4.87. The number of anilines is 1. The van der Waals surface area contributed by atoms with Gasteiger partial charge in [0, 0.05) is 51.6 Å². The first-order valence-corrected chi connectivity index (χ1v) is 9.12. The van der Waals surface area contributed by atoms with Crippen molar-refractivity contribution in [3.63, 3.8) is 0 Å². The van der Waals surface area contributed by atoms with Crippen molar-refractivity contribution in [1.29, 1.82) is 0 Å². The van der Waals surface area contributed by atoms with Gasteiger partial charge in [-0.1, -0.05) is 18.2 Å². The molecule has 4 rings (SSSR count). The van der Waals surface area contributed by atoms with E-state index in [9.17, 15) is 0 Å². The molecular formula is C20H25N3O3. The van der Waals surface area contributed by atoms with Crippen LogP contribution in [0.4, 0.5) is 5.82 Å². The summed E-state index contributed by atoms with van der Waals surface area (Å²) in [5.41, 5.74) is 1.14. The van der Waals surface area contributed by atoms with Gasteiger partial charge in [0.2, 0.25) is 0 Å². The summed E-state index contributed by atoms with van der Waals surface area (Å²) < 4.78 is 17.2. The minimum atomic E-state index is 0.0790. The molecule has 6 heteroatoms. The number of nitrogens with zero attached hydrogens (tertiary/aromatic N) is 3. The number of rotatable bonds is 5. The molecule has 0 amide bonds. The topological polar surface area (TPSA) is 47.1 Å². The van der Waals surface area contributed by atoms with Gasteiger partial charge in [-0.15, -0.1) is 0 Å². The standard InChI is InChI=1S/C20H25N3O3/c1-24-14-16-5-4-8-21-20(16)23-11-9-22(10-12-23)13-17-15-25-18-6-2-3-7-19(18)26-17/h2-8,17H,9-15H2,1H3/t17-/m0/s1/i1-1. The Kier molecular flexibility index (Phi) is 5.22. The van der Waals surface area contributed by atoms with E-state index < -0.39 is 0 Å². The van der Waals surface area contributed by atoms with Crippen LogP contribution in [0.5, 0.6) is 11.5 Å². The van der Waals surface area contributed by atoms with Crippen molar-refractivity contribution in [3.05, 3.63) is 48.2 Å². The zero-order chi connectivity index (χ0) is 17.8. The Morgan fingerprint density at radius 2 is 1.88 bits per heavy atom. The Bertz CT molecular complexity index is 732. The van der Waals surface area contributed by atoms with Crippen LogP contribution in [-0.4, -0.2) is 62.4 Å². The molecular weight excluding hydrogens is 329 g/mol. The van der Waals surface area contributed by atoms with Gasteiger partial charge >= 0.3 is 0 Å². The highest BCUT2D eigenvalue weighted by atomic mass is 16.6. The summed E-state index contributed by atoms with van der Waals surface area (Å²) in [6, 6.07) is 11.9. The molecule has 0 saturated carbocycles. The zero-order valence-electron chi connectivity index (χ0n) is 15.1. The second-order valence-electron chi connectivity index (χ2n) is 6.70. The van der Waals surface area contributed by atoms with E-state index in [1.54, 1.807) is 7.11 Å². The summed E-state index contributed by atoms with van der Waals surface area (Å²) in [5.74, 6) is 2.73. The van der Waals surface area contributed by atoms with Crippen LogP contribution in [0.15, 0.2) is 42.6 Å². The van der Waals surface area contributed by atoms with Crippen LogP contribution in [0.1, 0.15) is 5.56 Å². The van der Waals surface area contributed by atoms with Crippen molar-refractivity contribution in [3.8, 4) is 11.5 Å². The lowest BCUT2D eigenvalue weighted by molar-refractivity contribution is 0.0570. The average molecular weight is 354 g/mol. The summed E-state index contributed by atoms with van der Waals surface area (Å²) in [7, 11) is 1.72. The van der Waals surface area contributed by atoms with Gasteiger partial charge in [-0.25, -0.2) is 4.98 Å². The molecule has 138 valence electrons. The van der Waals surface area contributed by atoms with Crippen LogP contribution < -0.4 is 14.4 Å². The van der Waals surface area contributed by atoms with Crippen LogP contribution in [0.2, 0.25) is 0 Å². The molecule has 0 N–H and O–H groups in total. The Morgan fingerprint density at radius 1 is 1.08 bits per heavy atom. The second kappa shape index (κ2) is 7.93. The number of aromatic nitrogens is 1. The van der Waals surface area contributed by atoms with Crippen LogP contribution in [0.3, 0.4) is 0 Å². The molecule has 1 aromatic carbocycles. The maximum absolute atomic E-state index is 6.09. The lowest BCUT2D eigenvalue weighted by atomic mass is 10.2. The van der Waals surface area contributed by atoms with Gasteiger partial charge in [0.25, 0.3) is 0 Å². The van der Waals surface area contributed by atoms with E-state index in [-0.39, 0.29) is 6.10 Å². The summed E-state index contributed by atoms with van der Waals surface area (Å²) in [5, 5.41) is 0. The number of methoxy groups -OCH3 is 1. The SMILES string of the molecule is [11CH3]OCc1cccnc1N1CCN(C[C@H]2COc3ccccc3O2)CC1. The van der Waals surface area contributed by atoms with E-state index >= 15 is 0 Å². The molecule has 1 fully saturated rings. The first kappa shape index (κ1) is 17.1. The minimum absolute atomic E-state index is 0.0790. The summed E-state index contributed by atoms with van der Waals surface area (Å²) >= 11 is 0. The van der Waals surface area contributed by atoms with Crippen molar-refractivity contribution in [1.82, 2.24) is 9.88 Å². The van der Waals surface area contributed by atoms with Crippen molar-refractivity contribution < 1.29 is 14.2 Å². The Balaban J connectivity index is 1.32. The van der Waals surface area contributed by atoms with Gasteiger partial charge in [-0.3, -0.25) is 4.90 Å². The first-order valence-electron chi connectivity index (χ1n) is 9.12. The van der Waals surface area contributed by atoms with Crippen molar-refractivity contribution >= 4 is 5.82 Å². The molecule has 0 unspecified atom stereocenters. The number of piperazine rings is 1. The highest BCUT2D eigenvalue weighted by Crippen LogP contribution is 2.31. The molecule has 1 aromatic heterocycles. The smallest absolute Gasteiger partial charge is 0.161 e. The Labute approximate surface area is 154 Å². The van der Waals surface area contributed by atoms with Crippen LogP contribution in [0, 0.1) is 0 Å². The number of hydrogen-bond acceptors (Lipinski definition) is 6. The maximum atomic E-state index is 6.09. The molecule has 0 radical (unpaired) electrons. The molecule has 1 atom stereocenters. The van der Waals surface area contributed by atoms with Crippen molar-refractivity contribution in [2.45, 2.75) is 12.7 Å². The van der Waals surface area contributed by atoms with Crippen LogP contribution in [-0.2, 0) is 11.3 Å². The van der Waals surface area contributed by atoms with E-state index in [0.717, 1.165) is 55.6 Å². The van der Waals surface area contributed by atoms with Crippen LogP contribution in [0.25, 0.3) is 0 Å². The number of fused-ring (bicyclic) bond motifs is 1. The third kappa shape index (κ3) is 3.76. The Hall–Kier alpha value is -2.31. The minimum Gasteiger partial charge on any atom is -0.486 e. The summed E-state index contributed by atoms with van der Waals surface area (Å²) in [6.07, 6.45) is 1.93. The van der Waals surface area contributed by atoms with E-state index in [0.29, 0.717) is 13.2 Å². The van der Waals surface area contributed by atoms with E-state index in [1.807, 2.05) is 36.5 Å². The van der Waals surface area contributed by atoms with E-state index in [2.05, 4.69) is 20.9 Å². The first-order chi connectivity index (χ1) is 12.8. The van der Waals surface area contributed by atoms with Gasteiger partial charge in [-0.2, -0.15) is 0 Å². The second-order valence-corrected chi connectivity index (χ2v) is 6.70. The molecule has 6 nitrogen and oxygen atoms in total. The fourth-order valence-corrected chi connectivity index (χ4v) is 3.57. The fourth-order valence-electron chi connectivity index (χ4n) is 3.57. The average Bonchev–Trinajstić information content (AvgIpc) is 2.69. The monoisotopic (exact) mass is 354 g/mol. The third-order valence-electron chi connectivity index (χ3n) is 4.87. The number of para-hydroxylation sites is 2. The van der Waals surface area contributed by atoms with Gasteiger partial charge in [0.15, 0.2) is 11.5 Å². The molecule has 0 aliphatic carbocycles. The summed E-state index contributed by atoms with van der Waals surface area (Å²) in [4.78, 5) is 9.36. The molecule has 26 heavy (non-hydrogen) atoms. The normalized spacial score (nSPS) is 20.2. The van der Waals surface area contributed by atoms with Crippen LogP contribution >= 0.6 is 0 Å². The predicted molar refractivity (Wildman–Crippen MR) is 100.0 cm³/mol. The van der Waals surface area contributed by atoms with Gasteiger partial charge in [0.05, 0.1) is 6.61 Å². The van der Waals surface area contributed by atoms with E-state index in [4.69, 9.17) is 14.2 Å². The van der Waals surface area contributed by atoms with Gasteiger partial charge < -0.3 is 19.1 Å².